The molecule has 10 nitrogen and oxygen atoms in total. The number of rotatable bonds is 12. The van der Waals surface area contributed by atoms with Gasteiger partial charge in [0.05, 0.1) is 19.0 Å². The van der Waals surface area contributed by atoms with Gasteiger partial charge in [-0.3, -0.25) is 9.59 Å². The summed E-state index contributed by atoms with van der Waals surface area (Å²) < 4.78 is 38.8. The number of amides is 2. The predicted octanol–water partition coefficient (Wildman–Crippen LogP) is 7.61. The third-order valence-corrected chi connectivity index (χ3v) is 8.32. The highest BCUT2D eigenvalue weighted by molar-refractivity contribution is 9.10. The maximum absolute atomic E-state index is 13.8. The van der Waals surface area contributed by atoms with E-state index < -0.39 is 24.2 Å². The zero-order chi connectivity index (χ0) is 33.5. The summed E-state index contributed by atoms with van der Waals surface area (Å²) in [5, 5.41) is 6.52. The smallest absolute Gasteiger partial charge is 0.307 e. The molecule has 5 rings (SSSR count). The molecule has 0 atom stereocenters. The summed E-state index contributed by atoms with van der Waals surface area (Å²) >= 11 is 9.87. The lowest BCUT2D eigenvalue weighted by Crippen LogP contribution is -2.21. The number of para-hydroxylation sites is 1. The molecule has 5 aromatic rings. The molecule has 0 aliphatic heterocycles. The van der Waals surface area contributed by atoms with Gasteiger partial charge in [0, 0.05) is 27.1 Å². The molecule has 242 valence electrons. The zero-order valence-corrected chi connectivity index (χ0v) is 27.8. The SMILES string of the molecule is COc1cc(/C=N/NC(=O)c2ccc(COc3ccc(-n4c(C)ccc4C)cc3)o2)c(Br)c(Cl)c1OCC(=O)Nc1ccccc1F. The first-order valence-electron chi connectivity index (χ1n) is 14.2. The van der Waals surface area contributed by atoms with Crippen molar-refractivity contribution in [2.75, 3.05) is 19.0 Å². The highest BCUT2D eigenvalue weighted by Crippen LogP contribution is 2.42. The summed E-state index contributed by atoms with van der Waals surface area (Å²) in [4.78, 5) is 25.0. The van der Waals surface area contributed by atoms with E-state index in [1.54, 1.807) is 18.2 Å². The molecule has 0 radical (unpaired) electrons. The lowest BCUT2D eigenvalue weighted by molar-refractivity contribution is -0.118. The fourth-order valence-corrected chi connectivity index (χ4v) is 5.24. The summed E-state index contributed by atoms with van der Waals surface area (Å²) in [5.74, 6) is -0.317. The van der Waals surface area contributed by atoms with Gasteiger partial charge in [-0.15, -0.1) is 0 Å². The van der Waals surface area contributed by atoms with Gasteiger partial charge in [-0.1, -0.05) is 23.7 Å². The minimum atomic E-state index is -0.599. The van der Waals surface area contributed by atoms with E-state index >= 15 is 0 Å². The number of methoxy groups -OCH3 is 1. The number of carbonyl (C=O) groups excluding carboxylic acids is 2. The average molecular weight is 724 g/mol. The number of aromatic nitrogens is 1. The second kappa shape index (κ2) is 15.0. The quantitative estimate of drug-likeness (QED) is 0.101. The first-order valence-corrected chi connectivity index (χ1v) is 15.3. The number of aryl methyl sites for hydroxylation is 2. The van der Waals surface area contributed by atoms with Gasteiger partial charge in [0.25, 0.3) is 5.91 Å². The lowest BCUT2D eigenvalue weighted by atomic mass is 10.2. The number of ether oxygens (including phenoxy) is 3. The highest BCUT2D eigenvalue weighted by Gasteiger charge is 2.19. The van der Waals surface area contributed by atoms with E-state index in [2.05, 4.69) is 62.3 Å². The number of carbonyl (C=O) groups is 2. The van der Waals surface area contributed by atoms with Gasteiger partial charge in [-0.05, 0) is 96.5 Å². The molecular formula is C34H29BrClFN4O6. The Morgan fingerprint density at radius 2 is 1.74 bits per heavy atom. The summed E-state index contributed by atoms with van der Waals surface area (Å²) in [7, 11) is 1.40. The van der Waals surface area contributed by atoms with Crippen LogP contribution >= 0.6 is 27.5 Å². The van der Waals surface area contributed by atoms with Crippen LogP contribution in [0, 0.1) is 19.7 Å². The van der Waals surface area contributed by atoms with Crippen LogP contribution < -0.4 is 25.0 Å². The van der Waals surface area contributed by atoms with E-state index in [-0.39, 0.29) is 34.6 Å². The molecule has 0 bridgehead atoms. The monoisotopic (exact) mass is 722 g/mol. The Labute approximate surface area is 283 Å². The molecule has 2 amide bonds. The molecule has 13 heteroatoms. The van der Waals surface area contributed by atoms with Gasteiger partial charge in [0.15, 0.2) is 23.9 Å². The van der Waals surface area contributed by atoms with E-state index in [0.717, 1.165) is 17.1 Å². The maximum atomic E-state index is 13.8. The molecule has 3 aromatic carbocycles. The molecule has 0 fully saturated rings. The molecule has 0 unspecified atom stereocenters. The van der Waals surface area contributed by atoms with Gasteiger partial charge in [0.2, 0.25) is 0 Å². The van der Waals surface area contributed by atoms with Crippen LogP contribution in [-0.4, -0.2) is 36.3 Å². The second-order valence-corrected chi connectivity index (χ2v) is 11.3. The number of halogens is 3. The molecular weight excluding hydrogens is 695 g/mol. The topological polar surface area (TPSA) is 116 Å². The van der Waals surface area contributed by atoms with Gasteiger partial charge >= 0.3 is 5.91 Å². The van der Waals surface area contributed by atoms with Crippen molar-refractivity contribution in [3.05, 3.63) is 123 Å². The van der Waals surface area contributed by atoms with Gasteiger partial charge in [-0.25, -0.2) is 9.82 Å². The predicted molar refractivity (Wildman–Crippen MR) is 180 cm³/mol. The third kappa shape index (κ3) is 8.02. The fraction of sp³-hybridized carbons (Fsp3) is 0.147. The number of hydrogen-bond acceptors (Lipinski definition) is 7. The average Bonchev–Trinajstić information content (AvgIpc) is 3.68. The van der Waals surface area contributed by atoms with Crippen LogP contribution in [-0.2, 0) is 11.4 Å². The van der Waals surface area contributed by atoms with Crippen molar-refractivity contribution in [1.29, 1.82) is 0 Å². The number of nitrogens with zero attached hydrogens (tertiary/aromatic N) is 2. The number of furan rings is 1. The Morgan fingerprint density at radius 1 is 1.02 bits per heavy atom. The van der Waals surface area contributed by atoms with Crippen molar-refractivity contribution >= 4 is 51.2 Å². The Bertz CT molecular complexity index is 1920. The molecule has 2 aromatic heterocycles. The van der Waals surface area contributed by atoms with Crippen LogP contribution in [0.3, 0.4) is 0 Å². The van der Waals surface area contributed by atoms with Crippen LogP contribution in [0.1, 0.15) is 33.3 Å². The van der Waals surface area contributed by atoms with Crippen molar-refractivity contribution in [1.82, 2.24) is 9.99 Å². The molecule has 0 aliphatic rings. The normalized spacial score (nSPS) is 11.0. The molecule has 0 saturated heterocycles. The van der Waals surface area contributed by atoms with Gasteiger partial charge < -0.3 is 28.5 Å². The van der Waals surface area contributed by atoms with Crippen LogP contribution in [0.25, 0.3) is 5.69 Å². The molecule has 47 heavy (non-hydrogen) atoms. The van der Waals surface area contributed by atoms with E-state index in [1.165, 1.54) is 37.6 Å². The van der Waals surface area contributed by atoms with Gasteiger partial charge in [-0.2, -0.15) is 5.10 Å². The molecule has 2 N–H and O–H groups in total. The fourth-order valence-electron chi connectivity index (χ4n) is 4.59. The summed E-state index contributed by atoms with van der Waals surface area (Å²) in [6, 6.07) is 22.3. The zero-order valence-electron chi connectivity index (χ0n) is 25.5. The number of hydrogen-bond donors (Lipinski definition) is 2. The minimum absolute atomic E-state index is 0.0213. The Balaban J connectivity index is 1.15. The third-order valence-electron chi connectivity index (χ3n) is 6.87. The van der Waals surface area contributed by atoms with Crippen LogP contribution in [0.4, 0.5) is 10.1 Å². The molecule has 0 saturated carbocycles. The summed E-state index contributed by atoms with van der Waals surface area (Å²) in [6.07, 6.45) is 1.35. The standard InChI is InChI=1S/C34H29BrClFN4O6/c1-20-8-9-21(2)41(20)23-10-12-24(13-11-23)45-18-25-14-15-28(47-25)34(43)40-38-17-22-16-29(44-3)33(32(36)31(22)35)46-19-30(42)39-27-7-5-4-6-26(27)37/h4-17H,18-19H2,1-3H3,(H,39,42)(H,40,43)/b38-17+. The van der Waals surface area contributed by atoms with Crippen LogP contribution in [0.5, 0.6) is 17.2 Å². The van der Waals surface area contributed by atoms with E-state index in [4.69, 9.17) is 30.2 Å². The number of anilines is 1. The number of nitrogens with one attached hydrogen (secondary N) is 2. The van der Waals surface area contributed by atoms with Crippen molar-refractivity contribution < 1.29 is 32.6 Å². The van der Waals surface area contributed by atoms with Crippen molar-refractivity contribution in [2.45, 2.75) is 20.5 Å². The number of hydrazone groups is 1. The summed E-state index contributed by atoms with van der Waals surface area (Å²) in [6.45, 7) is 3.77. The van der Waals surface area contributed by atoms with Crippen LogP contribution in [0.2, 0.25) is 5.02 Å². The molecule has 2 heterocycles. The maximum Gasteiger partial charge on any atom is 0.307 e. The number of benzene rings is 3. The van der Waals surface area contributed by atoms with E-state index in [9.17, 15) is 14.0 Å². The van der Waals surface area contributed by atoms with Crippen LogP contribution in [0.15, 0.2) is 92.9 Å². The molecule has 0 spiro atoms. The Kier molecular flexibility index (Phi) is 10.6. The van der Waals surface area contributed by atoms with Crippen molar-refractivity contribution in [3.8, 4) is 22.9 Å². The Hall–Kier alpha value is -5.07. The largest absolute Gasteiger partial charge is 0.493 e. The lowest BCUT2D eigenvalue weighted by Gasteiger charge is -2.15. The molecule has 0 aliphatic carbocycles. The van der Waals surface area contributed by atoms with Gasteiger partial charge in [0.1, 0.15) is 29.0 Å². The first kappa shape index (κ1) is 33.3. The minimum Gasteiger partial charge on any atom is -0.493 e. The first-order chi connectivity index (χ1) is 22.6. The second-order valence-electron chi connectivity index (χ2n) is 10.1. The summed E-state index contributed by atoms with van der Waals surface area (Å²) in [5.41, 5.74) is 6.19. The van der Waals surface area contributed by atoms with E-state index in [1.807, 2.05) is 24.3 Å². The van der Waals surface area contributed by atoms with E-state index in [0.29, 0.717) is 21.5 Å². The Morgan fingerprint density at radius 3 is 2.45 bits per heavy atom. The van der Waals surface area contributed by atoms with Crippen molar-refractivity contribution in [2.24, 2.45) is 5.10 Å². The van der Waals surface area contributed by atoms with Crippen molar-refractivity contribution in [3.63, 3.8) is 0 Å². The highest BCUT2D eigenvalue weighted by atomic mass is 79.9.